The molecule has 1 aliphatic heterocycles. The number of rotatable bonds is 2. The van der Waals surface area contributed by atoms with E-state index in [0.29, 0.717) is 13.0 Å². The van der Waals surface area contributed by atoms with Crippen molar-refractivity contribution >= 4 is 12.1 Å². The standard InChI is InChI=1S/C17H23NO4/c1-16(2,3)22-15(20)18-11-10-17(12-18,14(19)21-4)13-8-6-5-7-9-13/h5-9H,10-12H2,1-4H3/t17-/m0/s1. The van der Waals surface area contributed by atoms with Crippen molar-refractivity contribution in [2.45, 2.75) is 38.2 Å². The van der Waals surface area contributed by atoms with Crippen LogP contribution in [0.2, 0.25) is 0 Å². The van der Waals surface area contributed by atoms with Gasteiger partial charge in [-0.2, -0.15) is 0 Å². The Kier molecular flexibility index (Phi) is 4.44. The monoisotopic (exact) mass is 305 g/mol. The van der Waals surface area contributed by atoms with E-state index in [1.165, 1.54) is 7.11 Å². The first-order valence-electron chi connectivity index (χ1n) is 7.40. The molecule has 0 saturated carbocycles. The molecule has 22 heavy (non-hydrogen) atoms. The van der Waals surface area contributed by atoms with Gasteiger partial charge in [0.1, 0.15) is 11.0 Å². The normalized spacial score (nSPS) is 21.5. The van der Waals surface area contributed by atoms with Crippen LogP contribution in [0.3, 0.4) is 0 Å². The molecule has 1 aromatic carbocycles. The van der Waals surface area contributed by atoms with Crippen LogP contribution in [0.4, 0.5) is 4.79 Å². The Bertz CT molecular complexity index is 550. The van der Waals surface area contributed by atoms with Gasteiger partial charge in [0, 0.05) is 13.1 Å². The van der Waals surface area contributed by atoms with Crippen molar-refractivity contribution < 1.29 is 19.1 Å². The Hall–Kier alpha value is -2.04. The zero-order valence-electron chi connectivity index (χ0n) is 13.6. The van der Waals surface area contributed by atoms with E-state index < -0.39 is 17.1 Å². The van der Waals surface area contributed by atoms with Crippen molar-refractivity contribution in [1.82, 2.24) is 4.90 Å². The third-order valence-corrected chi connectivity index (χ3v) is 3.82. The highest BCUT2D eigenvalue weighted by atomic mass is 16.6. The van der Waals surface area contributed by atoms with Crippen LogP contribution in [0, 0.1) is 0 Å². The molecule has 0 unspecified atom stereocenters. The third-order valence-electron chi connectivity index (χ3n) is 3.82. The number of amides is 1. The molecule has 5 nitrogen and oxygen atoms in total. The molecule has 1 aliphatic rings. The summed E-state index contributed by atoms with van der Waals surface area (Å²) < 4.78 is 10.4. The smallest absolute Gasteiger partial charge is 0.410 e. The van der Waals surface area contributed by atoms with Gasteiger partial charge in [-0.25, -0.2) is 4.79 Å². The number of carbonyl (C=O) groups is 2. The van der Waals surface area contributed by atoms with Crippen molar-refractivity contribution in [2.24, 2.45) is 0 Å². The maximum atomic E-state index is 12.4. The minimum Gasteiger partial charge on any atom is -0.468 e. The first kappa shape index (κ1) is 16.3. The summed E-state index contributed by atoms with van der Waals surface area (Å²) in [6, 6.07) is 9.46. The fourth-order valence-electron chi connectivity index (χ4n) is 2.76. The molecule has 1 atom stereocenters. The summed E-state index contributed by atoms with van der Waals surface area (Å²) in [5.74, 6) is -0.315. The van der Waals surface area contributed by atoms with Gasteiger partial charge in [0.25, 0.3) is 0 Å². The second-order valence-electron chi connectivity index (χ2n) is 6.59. The summed E-state index contributed by atoms with van der Waals surface area (Å²) in [5, 5.41) is 0. The van der Waals surface area contributed by atoms with Crippen molar-refractivity contribution in [3.8, 4) is 0 Å². The number of benzene rings is 1. The number of ether oxygens (including phenoxy) is 2. The van der Waals surface area contributed by atoms with E-state index in [9.17, 15) is 9.59 Å². The van der Waals surface area contributed by atoms with Crippen LogP contribution >= 0.6 is 0 Å². The lowest BCUT2D eigenvalue weighted by atomic mass is 9.80. The van der Waals surface area contributed by atoms with E-state index in [-0.39, 0.29) is 12.5 Å². The number of hydrogen-bond donors (Lipinski definition) is 0. The Morgan fingerprint density at radius 1 is 1.18 bits per heavy atom. The molecule has 0 aliphatic carbocycles. The van der Waals surface area contributed by atoms with Gasteiger partial charge >= 0.3 is 12.1 Å². The predicted molar refractivity (Wildman–Crippen MR) is 82.6 cm³/mol. The molecular weight excluding hydrogens is 282 g/mol. The van der Waals surface area contributed by atoms with Crippen LogP contribution in [-0.2, 0) is 19.7 Å². The van der Waals surface area contributed by atoms with Crippen molar-refractivity contribution in [2.75, 3.05) is 20.2 Å². The number of likely N-dealkylation sites (tertiary alicyclic amines) is 1. The molecule has 1 aromatic rings. The van der Waals surface area contributed by atoms with E-state index in [0.717, 1.165) is 5.56 Å². The highest BCUT2D eigenvalue weighted by molar-refractivity contribution is 5.85. The summed E-state index contributed by atoms with van der Waals surface area (Å²) >= 11 is 0. The van der Waals surface area contributed by atoms with Crippen LogP contribution in [0.1, 0.15) is 32.8 Å². The first-order chi connectivity index (χ1) is 10.3. The average molecular weight is 305 g/mol. The van der Waals surface area contributed by atoms with E-state index in [1.54, 1.807) is 4.90 Å². The molecule has 0 bridgehead atoms. The minimum atomic E-state index is -0.813. The lowest BCUT2D eigenvalue weighted by molar-refractivity contribution is -0.147. The number of esters is 1. The fourth-order valence-corrected chi connectivity index (χ4v) is 2.76. The zero-order chi connectivity index (χ0) is 16.4. The van der Waals surface area contributed by atoms with Crippen LogP contribution in [-0.4, -0.2) is 42.8 Å². The Labute approximate surface area is 131 Å². The summed E-state index contributed by atoms with van der Waals surface area (Å²) in [7, 11) is 1.38. The highest BCUT2D eigenvalue weighted by Crippen LogP contribution is 2.36. The number of hydrogen-bond acceptors (Lipinski definition) is 4. The van der Waals surface area contributed by atoms with Gasteiger partial charge in [0.2, 0.25) is 0 Å². The molecular formula is C17H23NO4. The van der Waals surface area contributed by atoms with Gasteiger partial charge in [-0.3, -0.25) is 4.79 Å². The van der Waals surface area contributed by atoms with Crippen molar-refractivity contribution in [3.63, 3.8) is 0 Å². The van der Waals surface area contributed by atoms with Crippen molar-refractivity contribution in [3.05, 3.63) is 35.9 Å². The Balaban J connectivity index is 2.25. The largest absolute Gasteiger partial charge is 0.468 e. The Morgan fingerprint density at radius 2 is 1.82 bits per heavy atom. The van der Waals surface area contributed by atoms with Gasteiger partial charge in [-0.15, -0.1) is 0 Å². The van der Waals surface area contributed by atoms with Gasteiger partial charge < -0.3 is 14.4 Å². The predicted octanol–water partition coefficient (Wildman–Crippen LogP) is 2.74. The SMILES string of the molecule is COC(=O)[C@@]1(c2ccccc2)CCN(C(=O)OC(C)(C)C)C1. The van der Waals surface area contributed by atoms with Crippen LogP contribution in [0.5, 0.6) is 0 Å². The molecule has 0 radical (unpaired) electrons. The van der Waals surface area contributed by atoms with Gasteiger partial charge in [-0.1, -0.05) is 30.3 Å². The van der Waals surface area contributed by atoms with Gasteiger partial charge in [0.15, 0.2) is 0 Å². The van der Waals surface area contributed by atoms with Crippen LogP contribution in [0.25, 0.3) is 0 Å². The quantitative estimate of drug-likeness (QED) is 0.788. The van der Waals surface area contributed by atoms with Gasteiger partial charge in [0.05, 0.1) is 7.11 Å². The van der Waals surface area contributed by atoms with E-state index in [1.807, 2.05) is 51.1 Å². The number of carbonyl (C=O) groups excluding carboxylic acids is 2. The van der Waals surface area contributed by atoms with Gasteiger partial charge in [-0.05, 0) is 32.8 Å². The maximum absolute atomic E-state index is 12.4. The number of nitrogens with zero attached hydrogens (tertiary/aromatic N) is 1. The summed E-state index contributed by atoms with van der Waals surface area (Å²) in [5.41, 5.74) is -0.499. The molecule has 0 N–H and O–H groups in total. The van der Waals surface area contributed by atoms with Crippen LogP contribution in [0.15, 0.2) is 30.3 Å². The summed E-state index contributed by atoms with van der Waals surface area (Å²) in [4.78, 5) is 26.2. The van der Waals surface area contributed by atoms with E-state index in [4.69, 9.17) is 9.47 Å². The molecule has 5 heteroatoms. The number of methoxy groups -OCH3 is 1. The average Bonchev–Trinajstić information content (AvgIpc) is 2.92. The van der Waals surface area contributed by atoms with Crippen molar-refractivity contribution in [1.29, 1.82) is 0 Å². The molecule has 1 amide bonds. The third kappa shape index (κ3) is 3.24. The molecule has 1 fully saturated rings. The lowest BCUT2D eigenvalue weighted by Crippen LogP contribution is -2.42. The first-order valence-corrected chi connectivity index (χ1v) is 7.40. The second kappa shape index (κ2) is 5.99. The lowest BCUT2D eigenvalue weighted by Gasteiger charge is -2.28. The molecule has 1 saturated heterocycles. The molecule has 0 spiro atoms. The van der Waals surface area contributed by atoms with Crippen LogP contribution < -0.4 is 0 Å². The maximum Gasteiger partial charge on any atom is 0.410 e. The fraction of sp³-hybridized carbons (Fsp3) is 0.529. The topological polar surface area (TPSA) is 55.8 Å². The zero-order valence-corrected chi connectivity index (χ0v) is 13.6. The molecule has 1 heterocycles. The highest BCUT2D eigenvalue weighted by Gasteiger charge is 2.49. The minimum absolute atomic E-state index is 0.276. The molecule has 120 valence electrons. The molecule has 2 rings (SSSR count). The van der Waals surface area contributed by atoms with E-state index in [2.05, 4.69) is 0 Å². The molecule has 0 aromatic heterocycles. The van der Waals surface area contributed by atoms with E-state index >= 15 is 0 Å². The Morgan fingerprint density at radius 3 is 2.36 bits per heavy atom. The second-order valence-corrected chi connectivity index (χ2v) is 6.59. The summed E-state index contributed by atoms with van der Waals surface area (Å²) in [6.45, 7) is 6.22. The summed E-state index contributed by atoms with van der Waals surface area (Å²) in [6.07, 6.45) is 0.136.